The lowest BCUT2D eigenvalue weighted by molar-refractivity contribution is 0.101. The molecule has 4 rings (SSSR count). The maximum Gasteiger partial charge on any atom is 0.231 e. The molecule has 0 fully saturated rings. The van der Waals surface area contributed by atoms with Crippen LogP contribution in [0.15, 0.2) is 48.2 Å². The Morgan fingerprint density at radius 2 is 1.80 bits per heavy atom. The van der Waals surface area contributed by atoms with E-state index in [4.69, 9.17) is 14.2 Å². The largest absolute Gasteiger partial charge is 0.454 e. The minimum Gasteiger partial charge on any atom is -0.454 e. The Hall–Kier alpha value is -2.75. The number of hydrogen-bond acceptors (Lipinski definition) is 4. The lowest BCUT2D eigenvalue weighted by Crippen LogP contribution is -1.97. The molecule has 0 saturated heterocycles. The molecule has 0 aliphatic carbocycles. The zero-order chi connectivity index (χ0) is 13.5. The van der Waals surface area contributed by atoms with E-state index in [9.17, 15) is 4.79 Å². The summed E-state index contributed by atoms with van der Waals surface area (Å²) in [4.78, 5) is 12.2. The van der Waals surface area contributed by atoms with E-state index in [-0.39, 0.29) is 12.6 Å². The molecule has 20 heavy (non-hydrogen) atoms. The van der Waals surface area contributed by atoms with Crippen LogP contribution < -0.4 is 14.2 Å². The molecule has 2 aliphatic heterocycles. The smallest absolute Gasteiger partial charge is 0.231 e. The van der Waals surface area contributed by atoms with Crippen molar-refractivity contribution in [2.24, 2.45) is 0 Å². The summed E-state index contributed by atoms with van der Waals surface area (Å²) >= 11 is 0. The molecule has 4 heteroatoms. The first-order valence-corrected chi connectivity index (χ1v) is 6.24. The fraction of sp³-hybridized carbons (Fsp3) is 0.0625. The molecule has 0 bridgehead atoms. The maximum absolute atomic E-state index is 12.2. The van der Waals surface area contributed by atoms with E-state index in [1.165, 1.54) is 0 Å². The molecule has 0 radical (unpaired) electrons. The number of allylic oxidation sites excluding steroid dienone is 1. The van der Waals surface area contributed by atoms with Crippen molar-refractivity contribution < 1.29 is 19.0 Å². The van der Waals surface area contributed by atoms with Gasteiger partial charge in [-0.3, -0.25) is 4.79 Å². The average Bonchev–Trinajstić information content (AvgIpc) is 3.05. The summed E-state index contributed by atoms with van der Waals surface area (Å²) in [6.07, 6.45) is 1.71. The number of ketones is 1. The quantitative estimate of drug-likeness (QED) is 0.744. The van der Waals surface area contributed by atoms with Crippen LogP contribution in [0.25, 0.3) is 6.08 Å². The zero-order valence-corrected chi connectivity index (χ0v) is 10.5. The highest BCUT2D eigenvalue weighted by molar-refractivity contribution is 6.14. The summed E-state index contributed by atoms with van der Waals surface area (Å²) in [5.74, 6) is 2.23. The molecule has 0 aromatic heterocycles. The van der Waals surface area contributed by atoms with Gasteiger partial charge < -0.3 is 14.2 Å². The first-order chi connectivity index (χ1) is 9.81. The van der Waals surface area contributed by atoms with Gasteiger partial charge in [0, 0.05) is 0 Å². The van der Waals surface area contributed by atoms with Crippen molar-refractivity contribution in [1.82, 2.24) is 0 Å². The van der Waals surface area contributed by atoms with Crippen LogP contribution in [-0.4, -0.2) is 12.6 Å². The standard InChI is InChI=1S/C16H10O4/c17-16-11-3-1-2-4-12(11)20-15(16)8-10-5-6-13-14(7-10)19-9-18-13/h1-8H,9H2/b15-8-. The summed E-state index contributed by atoms with van der Waals surface area (Å²) in [7, 11) is 0. The van der Waals surface area contributed by atoms with Gasteiger partial charge in [0.1, 0.15) is 5.75 Å². The molecule has 98 valence electrons. The third-order valence-corrected chi connectivity index (χ3v) is 3.27. The molecule has 0 saturated carbocycles. The number of para-hydroxylation sites is 1. The normalized spacial score (nSPS) is 17.2. The van der Waals surface area contributed by atoms with Crippen molar-refractivity contribution in [3.63, 3.8) is 0 Å². The van der Waals surface area contributed by atoms with Crippen molar-refractivity contribution in [1.29, 1.82) is 0 Å². The molecule has 2 aromatic carbocycles. The number of ether oxygens (including phenoxy) is 3. The summed E-state index contributed by atoms with van der Waals surface area (Å²) in [5.41, 5.74) is 1.44. The highest BCUT2D eigenvalue weighted by atomic mass is 16.7. The van der Waals surface area contributed by atoms with Gasteiger partial charge in [0.15, 0.2) is 17.3 Å². The first-order valence-electron chi connectivity index (χ1n) is 6.24. The lowest BCUT2D eigenvalue weighted by atomic mass is 10.1. The zero-order valence-electron chi connectivity index (χ0n) is 10.5. The second kappa shape index (κ2) is 4.13. The molecule has 0 atom stereocenters. The van der Waals surface area contributed by atoms with E-state index in [1.807, 2.05) is 30.3 Å². The Labute approximate surface area is 115 Å². The molecule has 2 heterocycles. The third kappa shape index (κ3) is 1.66. The number of fused-ring (bicyclic) bond motifs is 2. The lowest BCUT2D eigenvalue weighted by Gasteiger charge is -2.00. The Morgan fingerprint density at radius 1 is 0.950 bits per heavy atom. The molecule has 0 amide bonds. The topological polar surface area (TPSA) is 44.8 Å². The van der Waals surface area contributed by atoms with Crippen molar-refractivity contribution in [2.75, 3.05) is 6.79 Å². The van der Waals surface area contributed by atoms with Crippen molar-refractivity contribution in [3.8, 4) is 17.2 Å². The summed E-state index contributed by atoms with van der Waals surface area (Å²) in [6.45, 7) is 0.232. The van der Waals surface area contributed by atoms with Crippen LogP contribution >= 0.6 is 0 Å². The molecule has 0 unspecified atom stereocenters. The average molecular weight is 266 g/mol. The van der Waals surface area contributed by atoms with Crippen LogP contribution in [-0.2, 0) is 0 Å². The van der Waals surface area contributed by atoms with E-state index in [2.05, 4.69) is 0 Å². The van der Waals surface area contributed by atoms with Crippen molar-refractivity contribution in [2.45, 2.75) is 0 Å². The van der Waals surface area contributed by atoms with Crippen LogP contribution in [0.5, 0.6) is 17.2 Å². The minimum absolute atomic E-state index is 0.0988. The number of benzene rings is 2. The van der Waals surface area contributed by atoms with Crippen LogP contribution in [0, 0.1) is 0 Å². The van der Waals surface area contributed by atoms with Crippen molar-refractivity contribution >= 4 is 11.9 Å². The fourth-order valence-electron chi connectivity index (χ4n) is 2.29. The van der Waals surface area contributed by atoms with Gasteiger partial charge in [0.25, 0.3) is 0 Å². The van der Waals surface area contributed by atoms with Crippen LogP contribution in [0.1, 0.15) is 15.9 Å². The monoisotopic (exact) mass is 266 g/mol. The van der Waals surface area contributed by atoms with Crippen LogP contribution in [0.3, 0.4) is 0 Å². The van der Waals surface area contributed by atoms with Gasteiger partial charge in [-0.1, -0.05) is 18.2 Å². The van der Waals surface area contributed by atoms with Gasteiger partial charge in [0.05, 0.1) is 5.56 Å². The number of hydrogen-bond donors (Lipinski definition) is 0. The Kier molecular flexibility index (Phi) is 2.29. The van der Waals surface area contributed by atoms with Gasteiger partial charge in [-0.25, -0.2) is 0 Å². The van der Waals surface area contributed by atoms with E-state index < -0.39 is 0 Å². The fourth-order valence-corrected chi connectivity index (χ4v) is 2.29. The molecule has 0 spiro atoms. The van der Waals surface area contributed by atoms with Gasteiger partial charge in [0.2, 0.25) is 12.6 Å². The Morgan fingerprint density at radius 3 is 2.70 bits per heavy atom. The number of carbonyl (C=O) groups is 1. The SMILES string of the molecule is O=C1/C(=C/c2ccc3c(c2)OCO3)Oc2ccccc21. The minimum atomic E-state index is -0.0988. The first kappa shape index (κ1) is 11.1. The highest BCUT2D eigenvalue weighted by Crippen LogP contribution is 2.35. The summed E-state index contributed by atoms with van der Waals surface area (Å²) < 4.78 is 16.2. The Balaban J connectivity index is 1.71. The van der Waals surface area contributed by atoms with Gasteiger partial charge in [-0.2, -0.15) is 0 Å². The predicted octanol–water partition coefficient (Wildman–Crippen LogP) is 3.03. The molecule has 2 aromatic rings. The number of rotatable bonds is 1. The number of carbonyl (C=O) groups excluding carboxylic acids is 1. The molecule has 0 N–H and O–H groups in total. The number of Topliss-reactive ketones (excluding diaryl/α,β-unsaturated/α-hetero) is 1. The molecular weight excluding hydrogens is 256 g/mol. The maximum atomic E-state index is 12.2. The second-order valence-electron chi connectivity index (χ2n) is 4.55. The molecular formula is C16H10O4. The van der Waals surface area contributed by atoms with E-state index >= 15 is 0 Å². The highest BCUT2D eigenvalue weighted by Gasteiger charge is 2.26. The van der Waals surface area contributed by atoms with E-state index in [1.54, 1.807) is 18.2 Å². The van der Waals surface area contributed by atoms with Gasteiger partial charge in [-0.05, 0) is 35.9 Å². The van der Waals surface area contributed by atoms with Gasteiger partial charge in [-0.15, -0.1) is 0 Å². The summed E-state index contributed by atoms with van der Waals surface area (Å²) in [5, 5.41) is 0. The van der Waals surface area contributed by atoms with Crippen LogP contribution in [0.4, 0.5) is 0 Å². The Bertz CT molecular complexity index is 746. The molecule has 4 nitrogen and oxygen atoms in total. The summed E-state index contributed by atoms with van der Waals surface area (Å²) in [6, 6.07) is 12.7. The molecule has 2 aliphatic rings. The van der Waals surface area contributed by atoms with Crippen molar-refractivity contribution in [3.05, 3.63) is 59.4 Å². The van der Waals surface area contributed by atoms with Gasteiger partial charge >= 0.3 is 0 Å². The van der Waals surface area contributed by atoms with Crippen LogP contribution in [0.2, 0.25) is 0 Å². The van der Waals surface area contributed by atoms with E-state index in [0.717, 1.165) is 5.56 Å². The third-order valence-electron chi connectivity index (χ3n) is 3.27. The van der Waals surface area contributed by atoms with E-state index in [0.29, 0.717) is 28.6 Å². The second-order valence-corrected chi connectivity index (χ2v) is 4.55. The predicted molar refractivity (Wildman–Crippen MR) is 71.9 cm³/mol.